The van der Waals surface area contributed by atoms with Crippen molar-refractivity contribution in [3.63, 3.8) is 0 Å². The highest BCUT2D eigenvalue weighted by molar-refractivity contribution is 7.16. The van der Waals surface area contributed by atoms with Crippen LogP contribution in [-0.2, 0) is 11.3 Å². The van der Waals surface area contributed by atoms with Crippen LogP contribution in [0, 0.1) is 0 Å². The first-order chi connectivity index (χ1) is 7.58. The lowest BCUT2D eigenvalue weighted by atomic mass is 10.2. The summed E-state index contributed by atoms with van der Waals surface area (Å²) >= 11 is 7.35. The summed E-state index contributed by atoms with van der Waals surface area (Å²) in [5.41, 5.74) is 0. The molecule has 0 aliphatic heterocycles. The molecule has 90 valence electrons. The Kier molecular flexibility index (Phi) is 5.25. The average molecular weight is 262 g/mol. The maximum absolute atomic E-state index is 11.1. The fourth-order valence-corrected chi connectivity index (χ4v) is 2.78. The van der Waals surface area contributed by atoms with Crippen LogP contribution < -0.4 is 0 Å². The standard InChI is InChI=1S/C11H16ClNO2S/c1-3-9(11(14)15)13(4-2)7-8-5-6-10(12)16-8/h5-6,9H,3-4,7H2,1-2H3,(H,14,15)/t9-/m0/s1. The number of hydrogen-bond acceptors (Lipinski definition) is 3. The van der Waals surface area contributed by atoms with Gasteiger partial charge >= 0.3 is 5.97 Å². The van der Waals surface area contributed by atoms with Gasteiger partial charge in [0.2, 0.25) is 0 Å². The fraction of sp³-hybridized carbons (Fsp3) is 0.545. The molecule has 0 amide bonds. The van der Waals surface area contributed by atoms with Gasteiger partial charge in [-0.1, -0.05) is 25.4 Å². The molecule has 1 rings (SSSR count). The first-order valence-corrected chi connectivity index (χ1v) is 6.49. The first kappa shape index (κ1) is 13.5. The lowest BCUT2D eigenvalue weighted by Gasteiger charge is -2.25. The number of carboxylic acid groups (broad SMARTS) is 1. The van der Waals surface area contributed by atoms with Crippen LogP contribution in [0.4, 0.5) is 0 Å². The minimum Gasteiger partial charge on any atom is -0.480 e. The fourth-order valence-electron chi connectivity index (χ4n) is 1.67. The number of nitrogens with zero attached hydrogens (tertiary/aromatic N) is 1. The Morgan fingerprint density at radius 3 is 2.62 bits per heavy atom. The van der Waals surface area contributed by atoms with E-state index in [2.05, 4.69) is 0 Å². The summed E-state index contributed by atoms with van der Waals surface area (Å²) in [4.78, 5) is 14.1. The van der Waals surface area contributed by atoms with E-state index in [1.54, 1.807) is 0 Å². The van der Waals surface area contributed by atoms with Gasteiger partial charge in [-0.25, -0.2) is 0 Å². The minimum absolute atomic E-state index is 0.411. The molecule has 1 aromatic rings. The summed E-state index contributed by atoms with van der Waals surface area (Å²) in [5.74, 6) is -0.757. The highest BCUT2D eigenvalue weighted by Crippen LogP contribution is 2.23. The molecule has 0 saturated heterocycles. The molecule has 0 unspecified atom stereocenters. The Hall–Kier alpha value is -0.580. The summed E-state index contributed by atoms with van der Waals surface area (Å²) in [7, 11) is 0. The van der Waals surface area contributed by atoms with Crippen molar-refractivity contribution < 1.29 is 9.90 Å². The molecule has 0 aliphatic rings. The summed E-state index contributed by atoms with van der Waals surface area (Å²) in [6.07, 6.45) is 0.613. The van der Waals surface area contributed by atoms with Crippen LogP contribution >= 0.6 is 22.9 Å². The molecule has 0 fully saturated rings. The Balaban J connectivity index is 2.70. The van der Waals surface area contributed by atoms with Crippen LogP contribution in [0.15, 0.2) is 12.1 Å². The molecule has 0 radical (unpaired) electrons. The van der Waals surface area contributed by atoms with Gasteiger partial charge in [0.1, 0.15) is 6.04 Å². The molecule has 0 saturated carbocycles. The molecule has 16 heavy (non-hydrogen) atoms. The van der Waals surface area contributed by atoms with Crippen LogP contribution in [0.25, 0.3) is 0 Å². The van der Waals surface area contributed by atoms with Gasteiger partial charge in [0.15, 0.2) is 0 Å². The molecule has 0 bridgehead atoms. The van der Waals surface area contributed by atoms with E-state index in [0.717, 1.165) is 15.8 Å². The second-order valence-electron chi connectivity index (χ2n) is 3.53. The van der Waals surface area contributed by atoms with Crippen LogP contribution in [0.3, 0.4) is 0 Å². The summed E-state index contributed by atoms with van der Waals surface area (Å²) < 4.78 is 0.745. The number of carbonyl (C=O) groups is 1. The Labute approximate surface area is 105 Å². The largest absolute Gasteiger partial charge is 0.480 e. The lowest BCUT2D eigenvalue weighted by molar-refractivity contribution is -0.143. The highest BCUT2D eigenvalue weighted by atomic mass is 35.5. The molecule has 1 heterocycles. The summed E-state index contributed by atoms with van der Waals surface area (Å²) in [6, 6.07) is 3.38. The minimum atomic E-state index is -0.757. The summed E-state index contributed by atoms with van der Waals surface area (Å²) in [6.45, 7) is 5.24. The number of carboxylic acids is 1. The van der Waals surface area contributed by atoms with Gasteiger partial charge in [-0.2, -0.15) is 0 Å². The van der Waals surface area contributed by atoms with E-state index in [4.69, 9.17) is 16.7 Å². The molecule has 0 spiro atoms. The molecular weight excluding hydrogens is 246 g/mol. The predicted molar refractivity (Wildman–Crippen MR) is 67.1 cm³/mol. The zero-order valence-corrected chi connectivity index (χ0v) is 11.0. The molecular formula is C11H16ClNO2S. The lowest BCUT2D eigenvalue weighted by Crippen LogP contribution is -2.39. The quantitative estimate of drug-likeness (QED) is 0.856. The van der Waals surface area contributed by atoms with Crippen LogP contribution in [-0.4, -0.2) is 28.6 Å². The number of thiophene rings is 1. The Bertz CT molecular complexity index is 354. The molecule has 3 nitrogen and oxygen atoms in total. The number of halogens is 1. The number of aliphatic carboxylic acids is 1. The molecule has 5 heteroatoms. The van der Waals surface area contributed by atoms with Crippen LogP contribution in [0.5, 0.6) is 0 Å². The normalized spacial score (nSPS) is 13.0. The topological polar surface area (TPSA) is 40.5 Å². The van der Waals surface area contributed by atoms with Gasteiger partial charge in [-0.3, -0.25) is 9.69 Å². The third kappa shape index (κ3) is 3.47. The second-order valence-corrected chi connectivity index (χ2v) is 5.33. The predicted octanol–water partition coefficient (Wildman–Crippen LogP) is 3.09. The maximum atomic E-state index is 11.1. The monoisotopic (exact) mass is 261 g/mol. The van der Waals surface area contributed by atoms with Crippen molar-refractivity contribution in [1.29, 1.82) is 0 Å². The SMILES string of the molecule is CC[C@@H](C(=O)O)N(CC)Cc1ccc(Cl)s1. The highest BCUT2D eigenvalue weighted by Gasteiger charge is 2.22. The van der Waals surface area contributed by atoms with Crippen molar-refractivity contribution in [2.24, 2.45) is 0 Å². The molecule has 1 aromatic heterocycles. The Morgan fingerprint density at radius 1 is 1.56 bits per heavy atom. The van der Waals surface area contributed by atoms with Gasteiger partial charge in [0, 0.05) is 11.4 Å². The van der Waals surface area contributed by atoms with E-state index in [-0.39, 0.29) is 0 Å². The molecule has 0 aliphatic carbocycles. The van der Waals surface area contributed by atoms with E-state index >= 15 is 0 Å². The summed E-state index contributed by atoms with van der Waals surface area (Å²) in [5, 5.41) is 9.09. The third-order valence-electron chi connectivity index (χ3n) is 2.51. The van der Waals surface area contributed by atoms with Crippen molar-refractivity contribution in [3.8, 4) is 0 Å². The van der Waals surface area contributed by atoms with Crippen molar-refractivity contribution in [2.45, 2.75) is 32.9 Å². The van der Waals surface area contributed by atoms with E-state index in [1.807, 2.05) is 30.9 Å². The molecule has 1 N–H and O–H groups in total. The van der Waals surface area contributed by atoms with E-state index in [9.17, 15) is 4.79 Å². The van der Waals surface area contributed by atoms with E-state index in [0.29, 0.717) is 13.0 Å². The maximum Gasteiger partial charge on any atom is 0.320 e. The van der Waals surface area contributed by atoms with Gasteiger partial charge in [0.25, 0.3) is 0 Å². The van der Waals surface area contributed by atoms with Crippen LogP contribution in [0.1, 0.15) is 25.1 Å². The number of likely N-dealkylation sites (N-methyl/N-ethyl adjacent to an activating group) is 1. The molecule has 1 atom stereocenters. The van der Waals surface area contributed by atoms with E-state index in [1.165, 1.54) is 11.3 Å². The van der Waals surface area contributed by atoms with Gasteiger partial charge in [-0.15, -0.1) is 11.3 Å². The van der Waals surface area contributed by atoms with Crippen molar-refractivity contribution in [1.82, 2.24) is 4.90 Å². The second kappa shape index (κ2) is 6.23. The molecule has 0 aromatic carbocycles. The van der Waals surface area contributed by atoms with Crippen LogP contribution in [0.2, 0.25) is 4.34 Å². The number of hydrogen-bond donors (Lipinski definition) is 1. The van der Waals surface area contributed by atoms with E-state index < -0.39 is 12.0 Å². The Morgan fingerprint density at radius 2 is 2.25 bits per heavy atom. The van der Waals surface area contributed by atoms with Gasteiger partial charge in [-0.05, 0) is 25.1 Å². The van der Waals surface area contributed by atoms with Gasteiger partial charge < -0.3 is 5.11 Å². The third-order valence-corrected chi connectivity index (χ3v) is 3.72. The zero-order valence-electron chi connectivity index (χ0n) is 9.44. The average Bonchev–Trinajstić information content (AvgIpc) is 2.63. The van der Waals surface area contributed by atoms with Gasteiger partial charge in [0.05, 0.1) is 4.34 Å². The van der Waals surface area contributed by atoms with Crippen molar-refractivity contribution in [3.05, 3.63) is 21.3 Å². The smallest absolute Gasteiger partial charge is 0.320 e. The zero-order chi connectivity index (χ0) is 12.1. The van der Waals surface area contributed by atoms with Crippen molar-refractivity contribution in [2.75, 3.05) is 6.54 Å². The first-order valence-electron chi connectivity index (χ1n) is 5.29. The van der Waals surface area contributed by atoms with Crippen molar-refractivity contribution >= 4 is 28.9 Å². The number of rotatable bonds is 6.